The third kappa shape index (κ3) is 2.78. The van der Waals surface area contributed by atoms with Crippen LogP contribution in [-0.4, -0.2) is 23.5 Å². The Labute approximate surface area is 81.2 Å². The van der Waals surface area contributed by atoms with Crippen molar-refractivity contribution >= 4 is 17.2 Å². The summed E-state index contributed by atoms with van der Waals surface area (Å²) in [4.78, 5) is 16.3. The molecule has 0 aliphatic rings. The maximum absolute atomic E-state index is 11.4. The highest BCUT2D eigenvalue weighted by Gasteiger charge is 2.11. The van der Waals surface area contributed by atoms with E-state index in [4.69, 9.17) is 5.73 Å². The van der Waals surface area contributed by atoms with Crippen LogP contribution >= 0.6 is 11.3 Å². The highest BCUT2D eigenvalue weighted by Crippen LogP contribution is 2.10. The molecule has 4 nitrogen and oxygen atoms in total. The van der Waals surface area contributed by atoms with Crippen molar-refractivity contribution in [2.24, 2.45) is 5.73 Å². The highest BCUT2D eigenvalue weighted by molar-refractivity contribution is 7.09. The van der Waals surface area contributed by atoms with Crippen LogP contribution in [0.25, 0.3) is 0 Å². The first-order valence-corrected chi connectivity index (χ1v) is 4.93. The molecular formula is C8H13N3OS. The number of nitrogens with zero attached hydrogens (tertiary/aromatic N) is 1. The van der Waals surface area contributed by atoms with Crippen molar-refractivity contribution in [1.29, 1.82) is 0 Å². The smallest absolute Gasteiger partial charge is 0.271 e. The third-order valence-corrected chi connectivity index (χ3v) is 2.30. The first-order chi connectivity index (χ1) is 6.11. The summed E-state index contributed by atoms with van der Waals surface area (Å²) in [6.45, 7) is 4.20. The quantitative estimate of drug-likeness (QED) is 0.746. The number of amides is 1. The third-order valence-electron chi connectivity index (χ3n) is 1.54. The molecule has 0 saturated carbocycles. The predicted octanol–water partition coefficient (Wildman–Crippen LogP) is 0.529. The zero-order valence-electron chi connectivity index (χ0n) is 7.70. The van der Waals surface area contributed by atoms with Gasteiger partial charge in [0.2, 0.25) is 0 Å². The van der Waals surface area contributed by atoms with Crippen molar-refractivity contribution in [1.82, 2.24) is 10.3 Å². The Morgan fingerprint density at radius 1 is 1.85 bits per heavy atom. The molecule has 0 aliphatic heterocycles. The number of carbonyl (C=O) groups excluding carboxylic acids is 1. The summed E-state index contributed by atoms with van der Waals surface area (Å²) in [5, 5.41) is 2.71. The van der Waals surface area contributed by atoms with Gasteiger partial charge >= 0.3 is 0 Å². The minimum absolute atomic E-state index is 0.0251. The molecule has 1 aromatic heterocycles. The van der Waals surface area contributed by atoms with Gasteiger partial charge in [-0.1, -0.05) is 0 Å². The fraction of sp³-hybridized carbons (Fsp3) is 0.500. The van der Waals surface area contributed by atoms with E-state index >= 15 is 0 Å². The fourth-order valence-electron chi connectivity index (χ4n) is 0.861. The van der Waals surface area contributed by atoms with Crippen molar-refractivity contribution in [3.63, 3.8) is 0 Å². The lowest BCUT2D eigenvalue weighted by Crippen LogP contribution is -2.35. The van der Waals surface area contributed by atoms with Gasteiger partial charge in [-0.05, 0) is 13.8 Å². The largest absolute Gasteiger partial charge is 0.349 e. The van der Waals surface area contributed by atoms with E-state index < -0.39 is 0 Å². The molecule has 1 atom stereocenters. The van der Waals surface area contributed by atoms with Crippen LogP contribution in [0, 0.1) is 6.92 Å². The highest BCUT2D eigenvalue weighted by atomic mass is 32.1. The van der Waals surface area contributed by atoms with Crippen molar-refractivity contribution in [3.8, 4) is 0 Å². The average molecular weight is 199 g/mol. The second-order valence-corrected chi connectivity index (χ2v) is 4.00. The standard InChI is InChI=1S/C8H13N3OS/c1-5(9)3-10-8(12)7-6(2)13-4-11-7/h4-5H,3,9H2,1-2H3,(H,10,12). The van der Waals surface area contributed by atoms with Crippen LogP contribution in [0.3, 0.4) is 0 Å². The van der Waals surface area contributed by atoms with E-state index in [1.54, 1.807) is 5.51 Å². The number of rotatable bonds is 3. The van der Waals surface area contributed by atoms with Gasteiger partial charge in [-0.3, -0.25) is 4.79 Å². The predicted molar refractivity (Wildman–Crippen MR) is 52.8 cm³/mol. The first-order valence-electron chi connectivity index (χ1n) is 4.05. The Morgan fingerprint density at radius 3 is 3.00 bits per heavy atom. The fourth-order valence-corrected chi connectivity index (χ4v) is 1.43. The molecule has 1 heterocycles. The summed E-state index contributed by atoms with van der Waals surface area (Å²) >= 11 is 1.46. The minimum atomic E-state index is -0.143. The first kappa shape index (κ1) is 10.1. The lowest BCUT2D eigenvalue weighted by atomic mass is 10.3. The van der Waals surface area contributed by atoms with Crippen LogP contribution < -0.4 is 11.1 Å². The molecule has 0 aliphatic carbocycles. The molecule has 5 heteroatoms. The van der Waals surface area contributed by atoms with E-state index in [0.29, 0.717) is 12.2 Å². The molecule has 13 heavy (non-hydrogen) atoms. The molecule has 0 aromatic carbocycles. The van der Waals surface area contributed by atoms with E-state index in [0.717, 1.165) is 4.88 Å². The van der Waals surface area contributed by atoms with E-state index in [2.05, 4.69) is 10.3 Å². The molecule has 0 spiro atoms. The number of hydrogen-bond donors (Lipinski definition) is 2. The van der Waals surface area contributed by atoms with Crippen molar-refractivity contribution in [2.75, 3.05) is 6.54 Å². The van der Waals surface area contributed by atoms with Gasteiger partial charge < -0.3 is 11.1 Å². The summed E-state index contributed by atoms with van der Waals surface area (Å²) in [5.74, 6) is -0.143. The number of thiazole rings is 1. The van der Waals surface area contributed by atoms with Crippen LogP contribution in [0.2, 0.25) is 0 Å². The lowest BCUT2D eigenvalue weighted by Gasteiger charge is -2.06. The zero-order chi connectivity index (χ0) is 9.84. The van der Waals surface area contributed by atoms with Crippen molar-refractivity contribution in [3.05, 3.63) is 16.1 Å². The van der Waals surface area contributed by atoms with Crippen LogP contribution in [0.1, 0.15) is 22.3 Å². The van der Waals surface area contributed by atoms with Crippen LogP contribution in [0.15, 0.2) is 5.51 Å². The van der Waals surface area contributed by atoms with Gasteiger partial charge in [-0.15, -0.1) is 11.3 Å². The molecule has 0 fully saturated rings. The summed E-state index contributed by atoms with van der Waals surface area (Å²) in [6, 6.07) is -0.0251. The van der Waals surface area contributed by atoms with Gasteiger partial charge in [0, 0.05) is 17.5 Å². The summed E-state index contributed by atoms with van der Waals surface area (Å²) in [7, 11) is 0. The molecular weight excluding hydrogens is 186 g/mol. The van der Waals surface area contributed by atoms with Crippen molar-refractivity contribution < 1.29 is 4.79 Å². The minimum Gasteiger partial charge on any atom is -0.349 e. The summed E-state index contributed by atoms with van der Waals surface area (Å²) in [5.41, 5.74) is 7.67. The molecule has 1 aromatic rings. The molecule has 72 valence electrons. The Hall–Kier alpha value is -0.940. The number of aromatic nitrogens is 1. The van der Waals surface area contributed by atoms with E-state index in [1.165, 1.54) is 11.3 Å². The molecule has 3 N–H and O–H groups in total. The number of aryl methyl sites for hydroxylation is 1. The molecule has 0 bridgehead atoms. The monoisotopic (exact) mass is 199 g/mol. The van der Waals surface area contributed by atoms with Crippen LogP contribution in [0.5, 0.6) is 0 Å². The SMILES string of the molecule is Cc1scnc1C(=O)NCC(C)N. The van der Waals surface area contributed by atoms with E-state index in [-0.39, 0.29) is 11.9 Å². The maximum Gasteiger partial charge on any atom is 0.271 e. The summed E-state index contributed by atoms with van der Waals surface area (Å²) < 4.78 is 0. The topological polar surface area (TPSA) is 68.0 Å². The second-order valence-electron chi connectivity index (χ2n) is 2.94. The normalized spacial score (nSPS) is 12.5. The van der Waals surface area contributed by atoms with Gasteiger partial charge in [0.1, 0.15) is 5.69 Å². The van der Waals surface area contributed by atoms with Gasteiger partial charge in [-0.2, -0.15) is 0 Å². The van der Waals surface area contributed by atoms with E-state index in [1.807, 2.05) is 13.8 Å². The number of carbonyl (C=O) groups is 1. The Balaban J connectivity index is 2.54. The Bertz CT molecular complexity index is 295. The average Bonchev–Trinajstić information content (AvgIpc) is 2.47. The molecule has 1 unspecified atom stereocenters. The molecule has 1 amide bonds. The van der Waals surface area contributed by atoms with Gasteiger partial charge in [0.15, 0.2) is 0 Å². The van der Waals surface area contributed by atoms with Crippen LogP contribution in [0.4, 0.5) is 0 Å². The van der Waals surface area contributed by atoms with Gasteiger partial charge in [-0.25, -0.2) is 4.98 Å². The lowest BCUT2D eigenvalue weighted by molar-refractivity contribution is 0.0947. The summed E-state index contributed by atoms with van der Waals surface area (Å²) in [6.07, 6.45) is 0. The van der Waals surface area contributed by atoms with Gasteiger partial charge in [0.05, 0.1) is 5.51 Å². The number of nitrogens with two attached hydrogens (primary N) is 1. The van der Waals surface area contributed by atoms with E-state index in [9.17, 15) is 4.79 Å². The number of nitrogens with one attached hydrogen (secondary N) is 1. The molecule has 0 saturated heterocycles. The molecule has 0 radical (unpaired) electrons. The Morgan fingerprint density at radius 2 is 2.54 bits per heavy atom. The molecule has 1 rings (SSSR count). The van der Waals surface area contributed by atoms with Gasteiger partial charge in [0.25, 0.3) is 5.91 Å². The Kier molecular flexibility index (Phi) is 3.39. The zero-order valence-corrected chi connectivity index (χ0v) is 8.52. The van der Waals surface area contributed by atoms with Crippen molar-refractivity contribution in [2.45, 2.75) is 19.9 Å². The van der Waals surface area contributed by atoms with Crippen LogP contribution in [-0.2, 0) is 0 Å². The maximum atomic E-state index is 11.4. The second kappa shape index (κ2) is 4.34. The number of hydrogen-bond acceptors (Lipinski definition) is 4.